The summed E-state index contributed by atoms with van der Waals surface area (Å²) in [6, 6.07) is 6.98. The highest BCUT2D eigenvalue weighted by Gasteiger charge is 2.06. The van der Waals surface area contributed by atoms with Crippen LogP contribution >= 0.6 is 0 Å². The summed E-state index contributed by atoms with van der Waals surface area (Å²) in [7, 11) is 0. The van der Waals surface area contributed by atoms with Crippen LogP contribution in [0.2, 0.25) is 0 Å². The largest absolute Gasteiger partial charge is 0.508 e. The molecule has 0 radical (unpaired) electrons. The first kappa shape index (κ1) is 16.5. The summed E-state index contributed by atoms with van der Waals surface area (Å²) >= 11 is 0. The molecular weight excluding hydrogens is 250 g/mol. The fourth-order valence-electron chi connectivity index (χ4n) is 2.15. The number of rotatable bonds is 9. The molecule has 112 valence electrons. The molecule has 0 saturated carbocycles. The molecule has 0 atom stereocenters. The minimum absolute atomic E-state index is 0.0197. The van der Waals surface area contributed by atoms with E-state index in [9.17, 15) is 9.90 Å². The van der Waals surface area contributed by atoms with Gasteiger partial charge in [0, 0.05) is 12.1 Å². The topological polar surface area (TPSA) is 49.3 Å². The van der Waals surface area contributed by atoms with Crippen LogP contribution in [0.25, 0.3) is 0 Å². The first-order valence-corrected chi connectivity index (χ1v) is 7.63. The molecule has 2 N–H and O–H groups in total. The third-order valence-electron chi connectivity index (χ3n) is 3.37. The number of aromatic hydroxyl groups is 1. The lowest BCUT2D eigenvalue weighted by atomic mass is 10.0. The molecule has 0 aliphatic rings. The minimum Gasteiger partial charge on any atom is -0.508 e. The zero-order valence-electron chi connectivity index (χ0n) is 12.7. The van der Waals surface area contributed by atoms with Crippen molar-refractivity contribution in [2.75, 3.05) is 6.54 Å². The van der Waals surface area contributed by atoms with Crippen LogP contribution in [0, 0.1) is 5.92 Å². The fourth-order valence-corrected chi connectivity index (χ4v) is 2.15. The molecule has 1 amide bonds. The van der Waals surface area contributed by atoms with Crippen LogP contribution in [0.5, 0.6) is 5.75 Å². The van der Waals surface area contributed by atoms with Gasteiger partial charge in [0.2, 0.25) is 5.91 Å². The van der Waals surface area contributed by atoms with E-state index in [1.807, 2.05) is 6.07 Å². The van der Waals surface area contributed by atoms with Crippen molar-refractivity contribution in [3.63, 3.8) is 0 Å². The first-order chi connectivity index (χ1) is 9.59. The Morgan fingerprint density at radius 1 is 1.15 bits per heavy atom. The number of phenols is 1. The van der Waals surface area contributed by atoms with Crippen molar-refractivity contribution < 1.29 is 9.90 Å². The lowest BCUT2D eigenvalue weighted by molar-refractivity contribution is -0.120. The molecule has 0 aliphatic carbocycles. The van der Waals surface area contributed by atoms with E-state index in [2.05, 4.69) is 19.2 Å². The third-order valence-corrected chi connectivity index (χ3v) is 3.37. The summed E-state index contributed by atoms with van der Waals surface area (Å²) in [6.45, 7) is 5.23. The van der Waals surface area contributed by atoms with E-state index < -0.39 is 0 Å². The van der Waals surface area contributed by atoms with E-state index in [1.54, 1.807) is 18.2 Å². The molecule has 0 fully saturated rings. The highest BCUT2D eigenvalue weighted by molar-refractivity contribution is 5.79. The zero-order valence-corrected chi connectivity index (χ0v) is 12.7. The maximum atomic E-state index is 11.7. The standard InChI is InChI=1S/C17H27NO2/c1-14(2)9-5-3-4-8-12-18-17(20)13-15-10-6-7-11-16(15)19/h6-7,10-11,14,19H,3-5,8-9,12-13H2,1-2H3,(H,18,20). The summed E-state index contributed by atoms with van der Waals surface area (Å²) < 4.78 is 0. The second-order valence-electron chi connectivity index (χ2n) is 5.75. The number of hydrogen-bond donors (Lipinski definition) is 2. The van der Waals surface area contributed by atoms with Gasteiger partial charge in [-0.1, -0.05) is 57.7 Å². The van der Waals surface area contributed by atoms with Gasteiger partial charge >= 0.3 is 0 Å². The van der Waals surface area contributed by atoms with E-state index in [0.717, 1.165) is 18.9 Å². The van der Waals surface area contributed by atoms with Gasteiger partial charge in [0.05, 0.1) is 6.42 Å². The molecule has 0 heterocycles. The van der Waals surface area contributed by atoms with Crippen molar-refractivity contribution in [3.05, 3.63) is 29.8 Å². The first-order valence-electron chi connectivity index (χ1n) is 7.63. The minimum atomic E-state index is -0.0197. The monoisotopic (exact) mass is 277 g/mol. The summed E-state index contributed by atoms with van der Waals surface area (Å²) in [5, 5.41) is 12.5. The summed E-state index contributed by atoms with van der Waals surface area (Å²) in [5.74, 6) is 0.957. The van der Waals surface area contributed by atoms with Crippen LogP contribution in [0.4, 0.5) is 0 Å². The predicted octanol–water partition coefficient (Wildman–Crippen LogP) is 3.66. The maximum Gasteiger partial charge on any atom is 0.224 e. The number of amides is 1. The van der Waals surface area contributed by atoms with E-state index in [-0.39, 0.29) is 18.1 Å². The van der Waals surface area contributed by atoms with E-state index >= 15 is 0 Å². The molecule has 1 aromatic rings. The number of benzene rings is 1. The van der Waals surface area contributed by atoms with Crippen molar-refractivity contribution in [3.8, 4) is 5.75 Å². The third kappa shape index (κ3) is 7.17. The number of phenolic OH excluding ortho intramolecular Hbond substituents is 1. The van der Waals surface area contributed by atoms with Crippen LogP contribution in [-0.2, 0) is 11.2 Å². The second-order valence-corrected chi connectivity index (χ2v) is 5.75. The van der Waals surface area contributed by atoms with E-state index in [0.29, 0.717) is 5.56 Å². The van der Waals surface area contributed by atoms with Gasteiger partial charge in [0.15, 0.2) is 0 Å². The highest BCUT2D eigenvalue weighted by atomic mass is 16.3. The average Bonchev–Trinajstić information content (AvgIpc) is 2.40. The predicted molar refractivity (Wildman–Crippen MR) is 82.7 cm³/mol. The van der Waals surface area contributed by atoms with Gasteiger partial charge in [0.1, 0.15) is 5.75 Å². The number of nitrogens with one attached hydrogen (secondary N) is 1. The zero-order chi connectivity index (χ0) is 14.8. The lowest BCUT2D eigenvalue weighted by Crippen LogP contribution is -2.26. The van der Waals surface area contributed by atoms with Gasteiger partial charge in [-0.05, 0) is 18.4 Å². The Morgan fingerprint density at radius 2 is 1.85 bits per heavy atom. The van der Waals surface area contributed by atoms with Crippen molar-refractivity contribution in [1.29, 1.82) is 0 Å². The molecule has 0 bridgehead atoms. The summed E-state index contributed by atoms with van der Waals surface area (Å²) in [4.78, 5) is 11.7. The van der Waals surface area contributed by atoms with Gasteiger partial charge in [-0.2, -0.15) is 0 Å². The molecule has 0 aromatic heterocycles. The molecule has 3 heteroatoms. The number of hydrogen-bond acceptors (Lipinski definition) is 2. The number of carbonyl (C=O) groups excluding carboxylic acids is 1. The summed E-state index contributed by atoms with van der Waals surface area (Å²) in [6.07, 6.45) is 6.27. The Kier molecular flexibility index (Phi) is 7.78. The van der Waals surface area contributed by atoms with Crippen molar-refractivity contribution in [2.24, 2.45) is 5.92 Å². The average molecular weight is 277 g/mol. The Hall–Kier alpha value is -1.51. The molecule has 0 spiro atoms. The summed E-state index contributed by atoms with van der Waals surface area (Å²) in [5.41, 5.74) is 0.682. The van der Waals surface area contributed by atoms with Gasteiger partial charge < -0.3 is 10.4 Å². The molecule has 20 heavy (non-hydrogen) atoms. The second kappa shape index (κ2) is 9.40. The fraction of sp³-hybridized carbons (Fsp3) is 0.588. The Labute approximate surface area is 122 Å². The molecular formula is C17H27NO2. The quantitative estimate of drug-likeness (QED) is 0.677. The molecule has 0 unspecified atom stereocenters. The smallest absolute Gasteiger partial charge is 0.224 e. The molecule has 1 rings (SSSR count). The van der Waals surface area contributed by atoms with Crippen LogP contribution in [0.15, 0.2) is 24.3 Å². The van der Waals surface area contributed by atoms with Crippen molar-refractivity contribution in [1.82, 2.24) is 5.32 Å². The van der Waals surface area contributed by atoms with Gasteiger partial charge in [0.25, 0.3) is 0 Å². The molecule has 3 nitrogen and oxygen atoms in total. The number of unbranched alkanes of at least 4 members (excludes halogenated alkanes) is 3. The van der Waals surface area contributed by atoms with Gasteiger partial charge in [-0.3, -0.25) is 4.79 Å². The highest BCUT2D eigenvalue weighted by Crippen LogP contribution is 2.15. The molecule has 0 aliphatic heterocycles. The molecule has 0 saturated heterocycles. The van der Waals surface area contributed by atoms with Crippen LogP contribution in [0.1, 0.15) is 51.5 Å². The Bertz CT molecular complexity index is 402. The van der Waals surface area contributed by atoms with E-state index in [4.69, 9.17) is 0 Å². The van der Waals surface area contributed by atoms with Crippen LogP contribution < -0.4 is 5.32 Å². The van der Waals surface area contributed by atoms with Crippen molar-refractivity contribution >= 4 is 5.91 Å². The maximum absolute atomic E-state index is 11.7. The normalized spacial score (nSPS) is 10.8. The SMILES string of the molecule is CC(C)CCCCCCNC(=O)Cc1ccccc1O. The molecule has 1 aromatic carbocycles. The van der Waals surface area contributed by atoms with Gasteiger partial charge in [-0.25, -0.2) is 0 Å². The number of carbonyl (C=O) groups is 1. The Balaban J connectivity index is 2.08. The number of para-hydroxylation sites is 1. The van der Waals surface area contributed by atoms with Crippen LogP contribution in [-0.4, -0.2) is 17.6 Å². The van der Waals surface area contributed by atoms with Crippen LogP contribution in [0.3, 0.4) is 0 Å². The van der Waals surface area contributed by atoms with E-state index in [1.165, 1.54) is 25.7 Å². The van der Waals surface area contributed by atoms with Crippen molar-refractivity contribution in [2.45, 2.75) is 52.4 Å². The lowest BCUT2D eigenvalue weighted by Gasteiger charge is -2.07. The Morgan fingerprint density at radius 3 is 2.55 bits per heavy atom. The van der Waals surface area contributed by atoms with Gasteiger partial charge in [-0.15, -0.1) is 0 Å².